The molecule has 0 bridgehead atoms. The Balaban J connectivity index is 2.01. The van der Waals surface area contributed by atoms with Gasteiger partial charge in [-0.1, -0.05) is 134 Å². The number of unbranched alkanes of at least 4 members (excludes halogenated alkanes) is 1. The molecule has 0 aliphatic rings. The molecule has 0 amide bonds. The fourth-order valence-corrected chi connectivity index (χ4v) is 9.26. The Labute approximate surface area is 226 Å². The second kappa shape index (κ2) is 12.0. The summed E-state index contributed by atoms with van der Waals surface area (Å²) in [6.45, 7) is 4.39. The van der Waals surface area contributed by atoms with Crippen molar-refractivity contribution in [2.24, 2.45) is 0 Å². The van der Waals surface area contributed by atoms with E-state index >= 15 is 0 Å². The van der Waals surface area contributed by atoms with E-state index in [-0.39, 0.29) is 4.90 Å². The van der Waals surface area contributed by atoms with Crippen LogP contribution < -0.4 is 10.6 Å². The van der Waals surface area contributed by atoms with Gasteiger partial charge in [0.1, 0.15) is 0 Å². The van der Waals surface area contributed by atoms with Gasteiger partial charge in [-0.25, -0.2) is 8.42 Å². The van der Waals surface area contributed by atoms with Gasteiger partial charge in [-0.05, 0) is 47.5 Å². The quantitative estimate of drug-likeness (QED) is 0.203. The molecule has 0 saturated carbocycles. The highest BCUT2D eigenvalue weighted by Gasteiger charge is 2.30. The molecule has 0 N–H and O–H groups in total. The number of benzene rings is 4. The second-order valence-electron chi connectivity index (χ2n) is 8.95. The van der Waals surface area contributed by atoms with Crippen molar-refractivity contribution in [3.05, 3.63) is 132 Å². The van der Waals surface area contributed by atoms with E-state index in [2.05, 4.69) is 37.0 Å². The monoisotopic (exact) mass is 545 g/mol. The molecule has 0 aromatic heterocycles. The van der Waals surface area contributed by atoms with E-state index in [1.807, 2.05) is 85.8 Å². The van der Waals surface area contributed by atoms with E-state index in [9.17, 15) is 8.42 Å². The molecule has 0 unspecified atom stereocenters. The van der Waals surface area contributed by atoms with Gasteiger partial charge in [0.15, 0.2) is 0 Å². The van der Waals surface area contributed by atoms with Crippen LogP contribution in [-0.4, -0.2) is 19.3 Å². The molecule has 37 heavy (non-hydrogen) atoms. The van der Waals surface area contributed by atoms with Crippen LogP contribution in [0.25, 0.3) is 5.70 Å². The van der Waals surface area contributed by atoms with Gasteiger partial charge in [0.05, 0.1) is 10.6 Å². The average Bonchev–Trinajstić information content (AvgIpc) is 2.94. The third kappa shape index (κ3) is 6.13. The summed E-state index contributed by atoms with van der Waals surface area (Å²) in [6.07, 6.45) is 1.60. The molecular weight excluding hydrogens is 513 g/mol. The van der Waals surface area contributed by atoms with E-state index in [0.29, 0.717) is 12.2 Å². The first-order valence-electron chi connectivity index (χ1n) is 12.4. The minimum Gasteiger partial charge on any atom is -0.266 e. The molecule has 190 valence electrons. The molecule has 4 aromatic carbocycles. The number of hydrogen-bond donors (Lipinski definition) is 0. The summed E-state index contributed by atoms with van der Waals surface area (Å²) in [5, 5.41) is 2.04. The molecule has 0 saturated heterocycles. The highest BCUT2D eigenvalue weighted by molar-refractivity contribution is 8.23. The normalized spacial score (nSPS) is 12.3. The van der Waals surface area contributed by atoms with Gasteiger partial charge in [-0.2, -0.15) is 0 Å². The lowest BCUT2D eigenvalue weighted by molar-refractivity contribution is 0.499. The maximum absolute atomic E-state index is 14.2. The predicted octanol–water partition coefficient (Wildman–Crippen LogP) is 6.91. The van der Waals surface area contributed by atoms with Gasteiger partial charge in [0.25, 0.3) is 10.0 Å². The largest absolute Gasteiger partial charge is 0.266 e. The first kappa shape index (κ1) is 27.1. The second-order valence-corrected chi connectivity index (χ2v) is 15.2. The summed E-state index contributed by atoms with van der Waals surface area (Å²) in [5.41, 5.74) is 2.47. The number of nitrogens with zero attached hydrogens (tertiary/aromatic N) is 1. The molecule has 0 radical (unpaired) electrons. The smallest absolute Gasteiger partial charge is 0.264 e. The van der Waals surface area contributed by atoms with Crippen LogP contribution in [0.15, 0.2) is 126 Å². The fourth-order valence-electron chi connectivity index (χ4n) is 4.17. The van der Waals surface area contributed by atoms with Crippen molar-refractivity contribution in [2.75, 3.05) is 6.54 Å². The summed E-state index contributed by atoms with van der Waals surface area (Å²) < 4.78 is 29.9. The van der Waals surface area contributed by atoms with E-state index in [1.165, 1.54) is 0 Å². The highest BCUT2D eigenvalue weighted by atomic mass is 32.4. The van der Waals surface area contributed by atoms with Crippen molar-refractivity contribution >= 4 is 44.2 Å². The lowest BCUT2D eigenvalue weighted by Gasteiger charge is -2.30. The van der Waals surface area contributed by atoms with E-state index in [4.69, 9.17) is 11.8 Å². The van der Waals surface area contributed by atoms with Crippen LogP contribution in [0, 0.1) is 6.92 Å². The Hall–Kier alpha value is -2.98. The maximum Gasteiger partial charge on any atom is 0.264 e. The Morgan fingerprint density at radius 2 is 1.27 bits per heavy atom. The van der Waals surface area contributed by atoms with Gasteiger partial charge in [-0.3, -0.25) is 4.31 Å². The van der Waals surface area contributed by atoms with Gasteiger partial charge in [-0.15, -0.1) is 0 Å². The zero-order valence-electron chi connectivity index (χ0n) is 21.2. The molecule has 0 fully saturated rings. The first-order chi connectivity index (χ1) is 17.9. The summed E-state index contributed by atoms with van der Waals surface area (Å²) in [7, 11) is -3.84. The van der Waals surface area contributed by atoms with Crippen molar-refractivity contribution in [1.82, 2.24) is 4.31 Å². The minimum absolute atomic E-state index is 0.281. The number of rotatable bonds is 10. The van der Waals surface area contributed by atoms with Crippen LogP contribution in [0.4, 0.5) is 0 Å². The SMILES string of the molecule is CCCCN(/C(=C\P(=S)(c1ccccc1)c1ccccc1)c1ccccc1)S(=O)(=O)c1ccc(C)cc1. The lowest BCUT2D eigenvalue weighted by atomic mass is 10.2. The van der Waals surface area contributed by atoms with E-state index < -0.39 is 16.1 Å². The average molecular weight is 546 g/mol. The number of aryl methyl sites for hydroxylation is 1. The van der Waals surface area contributed by atoms with Crippen LogP contribution in [0.5, 0.6) is 0 Å². The van der Waals surface area contributed by atoms with Crippen molar-refractivity contribution in [2.45, 2.75) is 31.6 Å². The standard InChI is InChI=1S/C31H32NO2PS2/c1-3-4-24-32(37(33,34)30-22-20-26(2)21-23-30)31(27-14-8-5-9-15-27)25-35(36,28-16-10-6-11-17-28)29-18-12-7-13-19-29/h5-23,25H,3-4,24H2,1-2H3/b31-25-. The van der Waals surface area contributed by atoms with Crippen LogP contribution in [0.3, 0.4) is 0 Å². The molecule has 3 nitrogen and oxygen atoms in total. The van der Waals surface area contributed by atoms with E-state index in [1.54, 1.807) is 16.4 Å². The van der Waals surface area contributed by atoms with Gasteiger partial charge in [0, 0.05) is 12.6 Å². The Morgan fingerprint density at radius 1 is 0.784 bits per heavy atom. The minimum atomic E-state index is -3.84. The summed E-state index contributed by atoms with van der Waals surface area (Å²) in [5.74, 6) is 2.06. The zero-order chi connectivity index (χ0) is 26.3. The van der Waals surface area contributed by atoms with Crippen LogP contribution in [0.1, 0.15) is 30.9 Å². The van der Waals surface area contributed by atoms with Crippen LogP contribution >= 0.6 is 6.04 Å². The van der Waals surface area contributed by atoms with Crippen molar-refractivity contribution in [3.63, 3.8) is 0 Å². The van der Waals surface area contributed by atoms with Crippen molar-refractivity contribution in [1.29, 1.82) is 0 Å². The van der Waals surface area contributed by atoms with E-state index in [0.717, 1.165) is 34.6 Å². The van der Waals surface area contributed by atoms with Crippen LogP contribution in [-0.2, 0) is 21.8 Å². The summed E-state index contributed by atoms with van der Waals surface area (Å²) in [4.78, 5) is 0.281. The van der Waals surface area contributed by atoms with Crippen molar-refractivity contribution < 1.29 is 8.42 Å². The molecule has 0 atom stereocenters. The zero-order valence-corrected chi connectivity index (χ0v) is 23.7. The Bertz CT molecular complexity index is 1440. The molecule has 6 heteroatoms. The first-order valence-corrected chi connectivity index (χ1v) is 16.8. The van der Waals surface area contributed by atoms with Gasteiger partial charge in [0.2, 0.25) is 0 Å². The summed E-state index contributed by atoms with van der Waals surface area (Å²) in [6, 6.07) is 34.4. The molecule has 0 aliphatic carbocycles. The van der Waals surface area contributed by atoms with Crippen molar-refractivity contribution in [3.8, 4) is 0 Å². The summed E-state index contributed by atoms with van der Waals surface area (Å²) >= 11 is 6.51. The molecule has 4 rings (SSSR count). The topological polar surface area (TPSA) is 37.4 Å². The molecule has 0 aliphatic heterocycles. The van der Waals surface area contributed by atoms with Crippen LogP contribution in [0.2, 0.25) is 0 Å². The lowest BCUT2D eigenvalue weighted by Crippen LogP contribution is -2.31. The predicted molar refractivity (Wildman–Crippen MR) is 161 cm³/mol. The molecule has 4 aromatic rings. The molecular formula is C31H32NO2PS2. The number of hydrogen-bond acceptors (Lipinski definition) is 3. The van der Waals surface area contributed by atoms with Gasteiger partial charge < -0.3 is 0 Å². The number of sulfonamides is 1. The molecule has 0 heterocycles. The Kier molecular flexibility index (Phi) is 8.81. The Morgan fingerprint density at radius 3 is 1.76 bits per heavy atom. The molecule has 0 spiro atoms. The maximum atomic E-state index is 14.2. The third-order valence-corrected chi connectivity index (χ3v) is 12.4. The van der Waals surface area contributed by atoms with Gasteiger partial charge >= 0.3 is 0 Å². The highest BCUT2D eigenvalue weighted by Crippen LogP contribution is 2.49. The fraction of sp³-hybridized carbons (Fsp3) is 0.161. The third-order valence-electron chi connectivity index (χ3n) is 6.25.